The van der Waals surface area contributed by atoms with E-state index < -0.39 is 35.0 Å². The first-order valence-corrected chi connectivity index (χ1v) is 13.5. The van der Waals surface area contributed by atoms with Gasteiger partial charge in [0.15, 0.2) is 8.32 Å². The predicted molar refractivity (Wildman–Crippen MR) is 112 cm³/mol. The quantitative estimate of drug-likeness (QED) is 0.292. The Bertz CT molecular complexity index is 811. The van der Waals surface area contributed by atoms with Crippen LogP contribution in [0.2, 0.25) is 18.1 Å². The molecule has 12 heteroatoms. The van der Waals surface area contributed by atoms with Crippen LogP contribution in [-0.2, 0) is 14.4 Å². The number of nitrogens with two attached hydrogens (primary N) is 2. The second kappa shape index (κ2) is 8.53. The highest BCUT2D eigenvalue weighted by atomic mass is 79.9. The Labute approximate surface area is 169 Å². The first-order valence-electron chi connectivity index (χ1n) is 8.21. The maximum Gasteiger partial charge on any atom is 0.294 e. The summed E-state index contributed by atoms with van der Waals surface area (Å²) in [6, 6.07) is 1.74. The van der Waals surface area contributed by atoms with E-state index >= 15 is 0 Å². The number of halogens is 1. The summed E-state index contributed by atoms with van der Waals surface area (Å²) in [6.07, 6.45) is 0. The van der Waals surface area contributed by atoms with Crippen LogP contribution < -0.4 is 16.2 Å². The normalized spacial score (nSPS) is 14.1. The van der Waals surface area contributed by atoms with E-state index in [2.05, 4.69) is 55.1 Å². The van der Waals surface area contributed by atoms with E-state index in [1.165, 1.54) is 6.07 Å². The number of sulfonamides is 1. The van der Waals surface area contributed by atoms with Crippen molar-refractivity contribution in [3.8, 4) is 0 Å². The van der Waals surface area contributed by atoms with Gasteiger partial charge in [-0.1, -0.05) is 20.8 Å². The molecule has 154 valence electrons. The third-order valence-corrected chi connectivity index (χ3v) is 10.7. The van der Waals surface area contributed by atoms with Crippen molar-refractivity contribution in [3.63, 3.8) is 0 Å². The van der Waals surface area contributed by atoms with Crippen molar-refractivity contribution in [1.29, 1.82) is 0 Å². The fraction of sp³-hybridized carbons (Fsp3) is 0.600. The highest BCUT2D eigenvalue weighted by Crippen LogP contribution is 2.38. The maximum atomic E-state index is 11.5. The van der Waals surface area contributed by atoms with Crippen LogP contribution in [0, 0.1) is 10.1 Å². The van der Waals surface area contributed by atoms with Gasteiger partial charge in [0.25, 0.3) is 5.69 Å². The van der Waals surface area contributed by atoms with E-state index in [4.69, 9.17) is 15.3 Å². The molecule has 0 aromatic heterocycles. The van der Waals surface area contributed by atoms with Gasteiger partial charge in [0.1, 0.15) is 5.69 Å². The van der Waals surface area contributed by atoms with Gasteiger partial charge in [0.05, 0.1) is 22.5 Å². The molecule has 1 aromatic carbocycles. The molecular formula is C15H27BrN4O5SSi. The number of hydrogen-bond donors (Lipinski definition) is 3. The molecule has 1 aromatic rings. The average molecular weight is 483 g/mol. The minimum Gasteiger partial charge on any atom is -0.415 e. The maximum absolute atomic E-state index is 11.5. The number of rotatable bonds is 8. The van der Waals surface area contributed by atoms with Crippen molar-refractivity contribution in [2.45, 2.75) is 49.8 Å². The van der Waals surface area contributed by atoms with Crippen LogP contribution >= 0.6 is 15.9 Å². The number of nitro groups is 1. The van der Waals surface area contributed by atoms with Crippen molar-refractivity contribution < 1.29 is 17.8 Å². The molecule has 0 bridgehead atoms. The largest absolute Gasteiger partial charge is 0.415 e. The number of hydrogen-bond acceptors (Lipinski definition) is 7. The molecule has 0 saturated carbocycles. The van der Waals surface area contributed by atoms with Gasteiger partial charge >= 0.3 is 0 Å². The fourth-order valence-corrected chi connectivity index (χ4v) is 4.24. The summed E-state index contributed by atoms with van der Waals surface area (Å²) in [7, 11) is -6.11. The van der Waals surface area contributed by atoms with Crippen LogP contribution in [0.1, 0.15) is 20.8 Å². The molecule has 0 amide bonds. The molecule has 1 unspecified atom stereocenters. The van der Waals surface area contributed by atoms with Gasteiger partial charge in [-0.15, -0.1) is 0 Å². The zero-order chi connectivity index (χ0) is 21.2. The zero-order valence-electron chi connectivity index (χ0n) is 16.1. The molecule has 9 nitrogen and oxygen atoms in total. The standard InChI is InChI=1S/C15H27BrN4O5SSi/c1-15(2,3)27(4,5)25-9-10(8-17)19-14-12(16)6-11(26(18,23)24)7-13(14)20(21)22/h6-7,10,19H,8-9,17H2,1-5H3,(H2,18,23,24). The molecule has 0 heterocycles. The molecule has 0 aliphatic carbocycles. The number of benzene rings is 1. The Morgan fingerprint density at radius 2 is 1.93 bits per heavy atom. The Balaban J connectivity index is 3.16. The lowest BCUT2D eigenvalue weighted by Gasteiger charge is -2.37. The summed E-state index contributed by atoms with van der Waals surface area (Å²) in [5.41, 5.74) is 5.52. The number of anilines is 1. The molecule has 0 radical (unpaired) electrons. The Morgan fingerprint density at radius 3 is 2.33 bits per heavy atom. The summed E-state index contributed by atoms with van der Waals surface area (Å²) in [5, 5.41) is 19.5. The van der Waals surface area contributed by atoms with Crippen LogP contribution in [0.3, 0.4) is 0 Å². The van der Waals surface area contributed by atoms with Gasteiger partial charge in [-0.2, -0.15) is 0 Å². The topological polar surface area (TPSA) is 151 Å². The second-order valence-electron chi connectivity index (χ2n) is 7.75. The monoisotopic (exact) mass is 482 g/mol. The minimum atomic E-state index is -4.08. The molecule has 0 aliphatic heterocycles. The molecule has 0 spiro atoms. The van der Waals surface area contributed by atoms with Gasteiger partial charge in [-0.25, -0.2) is 13.6 Å². The molecule has 0 aliphatic rings. The average Bonchev–Trinajstić information content (AvgIpc) is 2.49. The lowest BCUT2D eigenvalue weighted by atomic mass is 10.2. The van der Waals surface area contributed by atoms with Crippen molar-refractivity contribution >= 4 is 45.6 Å². The number of nitrogens with one attached hydrogen (secondary N) is 1. The van der Waals surface area contributed by atoms with E-state index in [1.807, 2.05) is 0 Å². The van der Waals surface area contributed by atoms with Gasteiger partial charge < -0.3 is 15.5 Å². The van der Waals surface area contributed by atoms with Crippen LogP contribution in [0.15, 0.2) is 21.5 Å². The number of nitrogens with zero attached hydrogens (tertiary/aromatic N) is 1. The molecule has 0 fully saturated rings. The third-order valence-electron chi connectivity index (χ3n) is 4.65. The van der Waals surface area contributed by atoms with Gasteiger partial charge in [-0.3, -0.25) is 10.1 Å². The van der Waals surface area contributed by atoms with Crippen molar-refractivity contribution in [3.05, 3.63) is 26.7 Å². The van der Waals surface area contributed by atoms with Crippen LogP contribution in [-0.4, -0.2) is 40.9 Å². The summed E-state index contributed by atoms with van der Waals surface area (Å²) in [5.74, 6) is 0. The minimum absolute atomic E-state index is 0.00978. The summed E-state index contributed by atoms with van der Waals surface area (Å²) in [6.45, 7) is 11.0. The highest BCUT2D eigenvalue weighted by Gasteiger charge is 2.37. The molecule has 0 saturated heterocycles. The lowest BCUT2D eigenvalue weighted by Crippen LogP contribution is -2.45. The predicted octanol–water partition coefficient (Wildman–Crippen LogP) is 2.77. The Hall–Kier alpha value is -1.05. The Morgan fingerprint density at radius 1 is 1.37 bits per heavy atom. The van der Waals surface area contributed by atoms with E-state index in [9.17, 15) is 18.5 Å². The smallest absolute Gasteiger partial charge is 0.294 e. The second-order valence-corrected chi connectivity index (χ2v) is 15.0. The lowest BCUT2D eigenvalue weighted by molar-refractivity contribution is -0.384. The fourth-order valence-electron chi connectivity index (χ4n) is 1.92. The molecule has 1 atom stereocenters. The van der Waals surface area contributed by atoms with Gasteiger partial charge in [0.2, 0.25) is 10.0 Å². The zero-order valence-corrected chi connectivity index (χ0v) is 19.5. The van der Waals surface area contributed by atoms with E-state index in [-0.39, 0.29) is 33.2 Å². The first-order chi connectivity index (χ1) is 12.1. The summed E-state index contributed by atoms with van der Waals surface area (Å²) >= 11 is 3.18. The third kappa shape index (κ3) is 6.22. The molecular weight excluding hydrogens is 456 g/mol. The van der Waals surface area contributed by atoms with E-state index in [1.54, 1.807) is 0 Å². The number of primary sulfonamides is 1. The van der Waals surface area contributed by atoms with Gasteiger partial charge in [0, 0.05) is 17.1 Å². The van der Waals surface area contributed by atoms with Crippen molar-refractivity contribution in [1.82, 2.24) is 0 Å². The van der Waals surface area contributed by atoms with Gasteiger partial charge in [-0.05, 0) is 40.1 Å². The molecule has 5 N–H and O–H groups in total. The van der Waals surface area contributed by atoms with E-state index in [0.717, 1.165) is 6.07 Å². The number of nitro benzene ring substituents is 1. The summed E-state index contributed by atoms with van der Waals surface area (Å²) in [4.78, 5) is 10.4. The van der Waals surface area contributed by atoms with Crippen molar-refractivity contribution in [2.75, 3.05) is 18.5 Å². The SMILES string of the molecule is CC(C)(C)[Si](C)(C)OCC(CN)Nc1c(Br)cc(S(N)(=O)=O)cc1[N+](=O)[O-]. The van der Waals surface area contributed by atoms with Crippen LogP contribution in [0.4, 0.5) is 11.4 Å². The summed E-state index contributed by atoms with van der Waals surface area (Å²) < 4.78 is 29.4. The van der Waals surface area contributed by atoms with E-state index in [0.29, 0.717) is 0 Å². The van der Waals surface area contributed by atoms with Crippen LogP contribution in [0.5, 0.6) is 0 Å². The molecule has 1 rings (SSSR count). The molecule has 27 heavy (non-hydrogen) atoms. The first kappa shape index (κ1) is 24.0. The highest BCUT2D eigenvalue weighted by molar-refractivity contribution is 9.10. The van der Waals surface area contributed by atoms with Crippen LogP contribution in [0.25, 0.3) is 0 Å². The Kier molecular flexibility index (Phi) is 7.58. The van der Waals surface area contributed by atoms with Crippen molar-refractivity contribution in [2.24, 2.45) is 10.9 Å².